The Bertz CT molecular complexity index is 829. The molecule has 0 saturated heterocycles. The van der Waals surface area contributed by atoms with E-state index in [9.17, 15) is 4.79 Å². The molecule has 1 aliphatic heterocycles. The van der Waals surface area contributed by atoms with E-state index < -0.39 is 8.32 Å². The molecule has 1 amide bonds. The van der Waals surface area contributed by atoms with Crippen LogP contribution in [0.5, 0.6) is 0 Å². The van der Waals surface area contributed by atoms with Crippen molar-refractivity contribution < 1.29 is 9.22 Å². The van der Waals surface area contributed by atoms with Gasteiger partial charge in [-0.2, -0.15) is 0 Å². The lowest BCUT2D eigenvalue weighted by atomic mass is 10.2. The van der Waals surface area contributed by atoms with Gasteiger partial charge in [-0.1, -0.05) is 32.1 Å². The summed E-state index contributed by atoms with van der Waals surface area (Å²) in [6, 6.07) is 4.17. The monoisotopic (exact) mass is 405 g/mol. The number of hydrogen-bond donors (Lipinski definition) is 0. The number of fused-ring (bicyclic) bond motifs is 1. The molecule has 148 valence electrons. The molecule has 27 heavy (non-hydrogen) atoms. The number of nitrogens with zero attached hydrogens (tertiary/aromatic N) is 3. The molecule has 3 heterocycles. The van der Waals surface area contributed by atoms with Gasteiger partial charge in [-0.15, -0.1) is 0 Å². The van der Waals surface area contributed by atoms with Crippen LogP contribution in [-0.4, -0.2) is 48.4 Å². The fourth-order valence-corrected chi connectivity index (χ4v) is 5.30. The van der Waals surface area contributed by atoms with Gasteiger partial charge >= 0.3 is 0 Å². The Morgan fingerprint density at radius 2 is 1.85 bits per heavy atom. The first kappa shape index (κ1) is 20.3. The molecule has 0 aromatic carbocycles. The van der Waals surface area contributed by atoms with Crippen molar-refractivity contribution >= 4 is 25.6 Å². The molecule has 0 unspecified atom stereocenters. The molecular formula is C20H31N3O2SSi. The number of thiazole rings is 1. The van der Waals surface area contributed by atoms with Gasteiger partial charge in [0.05, 0.1) is 12.3 Å². The number of hydrogen-bond acceptors (Lipinski definition) is 4. The average Bonchev–Trinajstić information content (AvgIpc) is 3.12. The predicted octanol–water partition coefficient (Wildman–Crippen LogP) is 4.57. The van der Waals surface area contributed by atoms with Gasteiger partial charge < -0.3 is 9.33 Å². The highest BCUT2D eigenvalue weighted by atomic mass is 32.1. The van der Waals surface area contributed by atoms with Gasteiger partial charge in [0.25, 0.3) is 5.91 Å². The third-order valence-electron chi connectivity index (χ3n) is 5.88. The first-order valence-electron chi connectivity index (χ1n) is 9.59. The molecule has 3 rings (SSSR count). The molecule has 0 spiro atoms. The van der Waals surface area contributed by atoms with Crippen molar-refractivity contribution in [1.29, 1.82) is 0 Å². The molecule has 0 N–H and O–H groups in total. The number of carbonyl (C=O) groups is 1. The van der Waals surface area contributed by atoms with Crippen molar-refractivity contribution in [2.45, 2.75) is 59.2 Å². The Kier molecular flexibility index (Phi) is 5.40. The van der Waals surface area contributed by atoms with Crippen LogP contribution >= 0.6 is 11.3 Å². The first-order valence-corrected chi connectivity index (χ1v) is 13.3. The van der Waals surface area contributed by atoms with Crippen molar-refractivity contribution in [2.24, 2.45) is 0 Å². The second kappa shape index (κ2) is 7.18. The van der Waals surface area contributed by atoms with E-state index in [2.05, 4.69) is 64.4 Å². The van der Waals surface area contributed by atoms with E-state index in [-0.39, 0.29) is 10.9 Å². The standard InChI is InChI=1S/C20H31N3O2SSi/c1-14-8-9-15(2)23(14)19-21-16-10-11-22(18(24)17(16)26-19)12-13-25-27(6,7)20(3,4)5/h8-9H,10-13H2,1-7H3. The number of carbonyl (C=O) groups excluding carboxylic acids is 1. The van der Waals surface area contributed by atoms with Gasteiger partial charge in [-0.05, 0) is 44.1 Å². The van der Waals surface area contributed by atoms with Gasteiger partial charge in [0.1, 0.15) is 4.88 Å². The number of aromatic nitrogens is 2. The van der Waals surface area contributed by atoms with Crippen LogP contribution in [0.4, 0.5) is 0 Å². The Hall–Kier alpha value is -1.44. The minimum absolute atomic E-state index is 0.0984. The zero-order valence-electron chi connectivity index (χ0n) is 17.5. The maximum Gasteiger partial charge on any atom is 0.266 e. The van der Waals surface area contributed by atoms with Crippen LogP contribution < -0.4 is 0 Å². The van der Waals surface area contributed by atoms with E-state index in [1.54, 1.807) is 0 Å². The summed E-state index contributed by atoms with van der Waals surface area (Å²) in [5.74, 6) is 0.0984. The largest absolute Gasteiger partial charge is 0.415 e. The van der Waals surface area contributed by atoms with Crippen molar-refractivity contribution in [1.82, 2.24) is 14.5 Å². The van der Waals surface area contributed by atoms with Crippen LogP contribution in [0.25, 0.3) is 5.13 Å². The zero-order chi connectivity index (χ0) is 20.0. The molecule has 0 atom stereocenters. The van der Waals surface area contributed by atoms with Crippen molar-refractivity contribution in [3.63, 3.8) is 0 Å². The quantitative estimate of drug-likeness (QED) is 0.685. The smallest absolute Gasteiger partial charge is 0.266 e. The van der Waals surface area contributed by atoms with Crippen LogP contribution in [0.15, 0.2) is 12.1 Å². The Morgan fingerprint density at radius 3 is 2.44 bits per heavy atom. The molecule has 0 fully saturated rings. The topological polar surface area (TPSA) is 47.4 Å². The van der Waals surface area contributed by atoms with Crippen LogP contribution in [0.2, 0.25) is 18.1 Å². The summed E-state index contributed by atoms with van der Waals surface area (Å²) in [5, 5.41) is 1.08. The molecule has 0 aliphatic carbocycles. The molecule has 2 aromatic rings. The Morgan fingerprint density at radius 1 is 1.22 bits per heavy atom. The summed E-state index contributed by atoms with van der Waals surface area (Å²) < 4.78 is 8.38. The van der Waals surface area contributed by atoms with E-state index >= 15 is 0 Å². The highest BCUT2D eigenvalue weighted by Gasteiger charge is 2.37. The lowest BCUT2D eigenvalue weighted by Crippen LogP contribution is -2.44. The molecule has 5 nitrogen and oxygen atoms in total. The fourth-order valence-electron chi connectivity index (χ4n) is 3.07. The summed E-state index contributed by atoms with van der Waals surface area (Å²) in [6.45, 7) is 17.3. The predicted molar refractivity (Wildman–Crippen MR) is 114 cm³/mol. The minimum Gasteiger partial charge on any atom is -0.415 e. The highest BCUT2D eigenvalue weighted by molar-refractivity contribution is 7.16. The second-order valence-electron chi connectivity index (χ2n) is 8.87. The van der Waals surface area contributed by atoms with Crippen LogP contribution in [-0.2, 0) is 10.8 Å². The van der Waals surface area contributed by atoms with Crippen LogP contribution in [0.1, 0.15) is 47.5 Å². The lowest BCUT2D eigenvalue weighted by molar-refractivity contribution is 0.0713. The van der Waals surface area contributed by atoms with Gasteiger partial charge in [0.15, 0.2) is 13.4 Å². The summed E-state index contributed by atoms with van der Waals surface area (Å²) in [7, 11) is -1.78. The molecule has 0 saturated carbocycles. The summed E-state index contributed by atoms with van der Waals surface area (Å²) >= 11 is 1.51. The van der Waals surface area contributed by atoms with Gasteiger partial charge in [0, 0.05) is 30.9 Å². The lowest BCUT2D eigenvalue weighted by Gasteiger charge is -2.37. The Labute approximate surface area is 167 Å². The summed E-state index contributed by atoms with van der Waals surface area (Å²) in [5.41, 5.74) is 3.23. The summed E-state index contributed by atoms with van der Waals surface area (Å²) in [6.07, 6.45) is 0.816. The van der Waals surface area contributed by atoms with Crippen molar-refractivity contribution in [3.8, 4) is 5.13 Å². The number of amides is 1. The SMILES string of the molecule is Cc1ccc(C)n1-c1nc2c(s1)C(=O)N(CCO[Si](C)(C)C(C)(C)C)CC2. The van der Waals surface area contributed by atoms with Crippen molar-refractivity contribution in [3.05, 3.63) is 34.1 Å². The maximum absolute atomic E-state index is 13.0. The van der Waals surface area contributed by atoms with Crippen molar-refractivity contribution in [2.75, 3.05) is 19.7 Å². The van der Waals surface area contributed by atoms with Crippen LogP contribution in [0.3, 0.4) is 0 Å². The average molecular weight is 406 g/mol. The van der Waals surface area contributed by atoms with E-state index in [1.807, 2.05) is 4.90 Å². The van der Waals surface area contributed by atoms with Gasteiger partial charge in [0.2, 0.25) is 0 Å². The number of rotatable bonds is 5. The molecule has 0 bridgehead atoms. The van der Waals surface area contributed by atoms with E-state index in [1.165, 1.54) is 11.3 Å². The minimum atomic E-state index is -1.78. The van der Waals surface area contributed by atoms with Gasteiger partial charge in [-0.25, -0.2) is 4.98 Å². The normalized spacial score (nSPS) is 15.4. The van der Waals surface area contributed by atoms with E-state index in [0.29, 0.717) is 13.2 Å². The Balaban J connectivity index is 1.70. The van der Waals surface area contributed by atoms with Crippen LogP contribution in [0, 0.1) is 13.8 Å². The molecule has 7 heteroatoms. The highest BCUT2D eigenvalue weighted by Crippen LogP contribution is 2.36. The molecule has 1 aliphatic rings. The van der Waals surface area contributed by atoms with Gasteiger partial charge in [-0.3, -0.25) is 9.36 Å². The zero-order valence-corrected chi connectivity index (χ0v) is 19.4. The molecule has 0 radical (unpaired) electrons. The summed E-state index contributed by atoms with van der Waals surface area (Å²) in [4.78, 5) is 20.4. The fraction of sp³-hybridized carbons (Fsp3) is 0.600. The maximum atomic E-state index is 13.0. The second-order valence-corrected chi connectivity index (χ2v) is 14.7. The van der Waals surface area contributed by atoms with E-state index in [0.717, 1.165) is 40.1 Å². The molecule has 2 aromatic heterocycles. The third-order valence-corrected chi connectivity index (χ3v) is 11.5. The molecular weight excluding hydrogens is 374 g/mol. The third kappa shape index (κ3) is 3.91. The van der Waals surface area contributed by atoms with E-state index in [4.69, 9.17) is 9.41 Å². The first-order chi connectivity index (χ1) is 12.5. The number of aryl methyl sites for hydroxylation is 2.